The van der Waals surface area contributed by atoms with E-state index >= 15 is 0 Å². The molecule has 0 unspecified atom stereocenters. The fourth-order valence-corrected chi connectivity index (χ4v) is 4.57. The van der Waals surface area contributed by atoms with Crippen molar-refractivity contribution in [2.24, 2.45) is 5.92 Å². The molecule has 0 bridgehead atoms. The van der Waals surface area contributed by atoms with Crippen molar-refractivity contribution in [3.05, 3.63) is 59.7 Å². The number of nitrogens with one attached hydrogen (secondary N) is 1. The van der Waals surface area contributed by atoms with Crippen LogP contribution in [0.2, 0.25) is 0 Å². The molecule has 198 valence electrons. The molecule has 0 spiro atoms. The first-order chi connectivity index (χ1) is 17.0. The number of carbonyl (C=O) groups excluding carboxylic acids is 2. The minimum absolute atomic E-state index is 0.188. The molecule has 2 aromatic rings. The van der Waals surface area contributed by atoms with E-state index in [2.05, 4.69) is 5.32 Å². The van der Waals surface area contributed by atoms with E-state index in [1.807, 2.05) is 58.9 Å². The standard InChI is InChI=1S/C27H39N3O5S/c1-7-25(27(32)28-17-20(3)4)29(18-22-11-9-21(5)10-12-22)26(31)19-30(36(6,33)34)23-13-15-24(16-14-23)35-8-2/h9-16,20,25H,7-8,17-19H2,1-6H3,(H,28,32)/t25-/m0/s1. The van der Waals surface area contributed by atoms with Gasteiger partial charge in [0.2, 0.25) is 21.8 Å². The highest BCUT2D eigenvalue weighted by atomic mass is 32.2. The summed E-state index contributed by atoms with van der Waals surface area (Å²) in [6, 6.07) is 13.5. The van der Waals surface area contributed by atoms with Crippen LogP contribution < -0.4 is 14.4 Å². The number of amides is 2. The molecule has 0 aliphatic rings. The first-order valence-corrected chi connectivity index (χ1v) is 14.1. The lowest BCUT2D eigenvalue weighted by Gasteiger charge is -2.33. The van der Waals surface area contributed by atoms with Crippen molar-refractivity contribution in [2.45, 2.75) is 53.6 Å². The van der Waals surface area contributed by atoms with E-state index in [-0.39, 0.29) is 18.4 Å². The summed E-state index contributed by atoms with van der Waals surface area (Å²) < 4.78 is 31.9. The molecule has 2 rings (SSSR count). The van der Waals surface area contributed by atoms with Gasteiger partial charge in [0, 0.05) is 13.1 Å². The van der Waals surface area contributed by atoms with Gasteiger partial charge in [0.15, 0.2) is 0 Å². The molecule has 0 aliphatic carbocycles. The van der Waals surface area contributed by atoms with Gasteiger partial charge < -0.3 is 15.0 Å². The summed E-state index contributed by atoms with van der Waals surface area (Å²) in [4.78, 5) is 28.2. The Morgan fingerprint density at radius 1 is 1.00 bits per heavy atom. The van der Waals surface area contributed by atoms with Crippen molar-refractivity contribution in [3.8, 4) is 5.75 Å². The number of aryl methyl sites for hydroxylation is 1. The molecule has 2 amide bonds. The molecule has 0 saturated heterocycles. The van der Waals surface area contributed by atoms with Gasteiger partial charge in [-0.15, -0.1) is 0 Å². The normalized spacial score (nSPS) is 12.2. The lowest BCUT2D eigenvalue weighted by molar-refractivity contribution is -0.140. The number of rotatable bonds is 13. The second-order valence-corrected chi connectivity index (χ2v) is 11.2. The number of nitrogens with zero attached hydrogens (tertiary/aromatic N) is 2. The van der Waals surface area contributed by atoms with Crippen molar-refractivity contribution in [3.63, 3.8) is 0 Å². The molecule has 0 saturated carbocycles. The number of sulfonamides is 1. The maximum absolute atomic E-state index is 13.7. The summed E-state index contributed by atoms with van der Waals surface area (Å²) in [7, 11) is -3.78. The summed E-state index contributed by atoms with van der Waals surface area (Å²) in [6.45, 7) is 10.4. The maximum Gasteiger partial charge on any atom is 0.244 e. The zero-order valence-corrected chi connectivity index (χ0v) is 23.0. The van der Waals surface area contributed by atoms with E-state index in [0.717, 1.165) is 21.7 Å². The van der Waals surface area contributed by atoms with Gasteiger partial charge in [0.05, 0.1) is 18.6 Å². The Balaban J connectivity index is 2.39. The minimum Gasteiger partial charge on any atom is -0.494 e. The van der Waals surface area contributed by atoms with Crippen LogP contribution in [0.15, 0.2) is 48.5 Å². The monoisotopic (exact) mass is 517 g/mol. The second-order valence-electron chi connectivity index (χ2n) is 9.27. The fourth-order valence-electron chi connectivity index (χ4n) is 3.72. The van der Waals surface area contributed by atoms with E-state index in [0.29, 0.717) is 31.0 Å². The van der Waals surface area contributed by atoms with Gasteiger partial charge in [-0.2, -0.15) is 0 Å². The van der Waals surface area contributed by atoms with Crippen molar-refractivity contribution >= 4 is 27.5 Å². The number of ether oxygens (including phenoxy) is 1. The van der Waals surface area contributed by atoms with Crippen LogP contribution in [0.4, 0.5) is 5.69 Å². The maximum atomic E-state index is 13.7. The average Bonchev–Trinajstić information content (AvgIpc) is 2.82. The molecule has 2 aromatic carbocycles. The van der Waals surface area contributed by atoms with Crippen LogP contribution in [0.25, 0.3) is 0 Å². The third kappa shape index (κ3) is 8.55. The third-order valence-electron chi connectivity index (χ3n) is 5.66. The SMILES string of the molecule is CCOc1ccc(N(CC(=O)N(Cc2ccc(C)cc2)[C@@H](CC)C(=O)NCC(C)C)S(C)(=O)=O)cc1. The number of hydrogen-bond donors (Lipinski definition) is 1. The van der Waals surface area contributed by atoms with Crippen LogP contribution in [-0.4, -0.2) is 57.1 Å². The van der Waals surface area contributed by atoms with E-state index in [9.17, 15) is 18.0 Å². The highest BCUT2D eigenvalue weighted by Gasteiger charge is 2.31. The molecule has 0 fully saturated rings. The second kappa shape index (κ2) is 13.3. The van der Waals surface area contributed by atoms with Crippen LogP contribution in [0.3, 0.4) is 0 Å². The Bertz CT molecular complexity index is 1100. The Hall–Kier alpha value is -3.07. The van der Waals surface area contributed by atoms with E-state index in [4.69, 9.17) is 4.74 Å². The average molecular weight is 518 g/mol. The third-order valence-corrected chi connectivity index (χ3v) is 6.80. The first-order valence-electron chi connectivity index (χ1n) is 12.3. The lowest BCUT2D eigenvalue weighted by atomic mass is 10.1. The Labute approximate surface area is 215 Å². The van der Waals surface area contributed by atoms with Crippen LogP contribution in [-0.2, 0) is 26.2 Å². The van der Waals surface area contributed by atoms with Gasteiger partial charge >= 0.3 is 0 Å². The molecular weight excluding hydrogens is 478 g/mol. The summed E-state index contributed by atoms with van der Waals surface area (Å²) in [5.41, 5.74) is 2.29. The molecule has 0 aliphatic heterocycles. The van der Waals surface area contributed by atoms with Crippen LogP contribution in [0.1, 0.15) is 45.2 Å². The summed E-state index contributed by atoms with van der Waals surface area (Å²) in [5.74, 6) is 0.156. The Morgan fingerprint density at radius 3 is 2.11 bits per heavy atom. The molecule has 9 heteroatoms. The zero-order valence-electron chi connectivity index (χ0n) is 22.2. The van der Waals surface area contributed by atoms with Crippen molar-refractivity contribution in [1.82, 2.24) is 10.2 Å². The number of carbonyl (C=O) groups is 2. The number of benzene rings is 2. The Kier molecular flexibility index (Phi) is 10.8. The highest BCUT2D eigenvalue weighted by Crippen LogP contribution is 2.23. The van der Waals surface area contributed by atoms with Crippen molar-refractivity contribution in [1.29, 1.82) is 0 Å². The molecule has 36 heavy (non-hydrogen) atoms. The van der Waals surface area contributed by atoms with E-state index < -0.39 is 28.5 Å². The van der Waals surface area contributed by atoms with Gasteiger partial charge in [0.25, 0.3) is 0 Å². The zero-order chi connectivity index (χ0) is 26.9. The van der Waals surface area contributed by atoms with Crippen molar-refractivity contribution < 1.29 is 22.7 Å². The predicted molar refractivity (Wildman–Crippen MR) is 143 cm³/mol. The van der Waals surface area contributed by atoms with Gasteiger partial charge in [-0.3, -0.25) is 13.9 Å². The Morgan fingerprint density at radius 2 is 1.61 bits per heavy atom. The van der Waals surface area contributed by atoms with Gasteiger partial charge in [-0.05, 0) is 56.0 Å². The number of anilines is 1. The van der Waals surface area contributed by atoms with Crippen LogP contribution >= 0.6 is 0 Å². The predicted octanol–water partition coefficient (Wildman–Crippen LogP) is 3.74. The summed E-state index contributed by atoms with van der Waals surface area (Å²) in [5, 5.41) is 2.92. The molecule has 1 N–H and O–H groups in total. The van der Waals surface area contributed by atoms with Crippen molar-refractivity contribution in [2.75, 3.05) is 30.3 Å². The molecule has 0 aromatic heterocycles. The quantitative estimate of drug-likeness (QED) is 0.437. The van der Waals surface area contributed by atoms with Gasteiger partial charge in [-0.25, -0.2) is 8.42 Å². The topological polar surface area (TPSA) is 96.0 Å². The van der Waals surface area contributed by atoms with Gasteiger partial charge in [0.1, 0.15) is 18.3 Å². The van der Waals surface area contributed by atoms with E-state index in [1.54, 1.807) is 24.3 Å². The van der Waals surface area contributed by atoms with Crippen LogP contribution in [0.5, 0.6) is 5.75 Å². The molecular formula is C27H39N3O5S. The molecule has 1 atom stereocenters. The molecule has 0 heterocycles. The largest absolute Gasteiger partial charge is 0.494 e. The fraction of sp³-hybridized carbons (Fsp3) is 0.481. The summed E-state index contributed by atoms with van der Waals surface area (Å²) in [6.07, 6.45) is 1.46. The lowest BCUT2D eigenvalue weighted by Crippen LogP contribution is -2.52. The first kappa shape index (κ1) is 29.2. The summed E-state index contributed by atoms with van der Waals surface area (Å²) >= 11 is 0. The van der Waals surface area contributed by atoms with Crippen LogP contribution in [0, 0.1) is 12.8 Å². The smallest absolute Gasteiger partial charge is 0.244 e. The number of hydrogen-bond acceptors (Lipinski definition) is 5. The highest BCUT2D eigenvalue weighted by molar-refractivity contribution is 7.92. The van der Waals surface area contributed by atoms with E-state index in [1.165, 1.54) is 4.90 Å². The minimum atomic E-state index is -3.78. The molecule has 0 radical (unpaired) electrons. The molecule has 8 nitrogen and oxygen atoms in total. The van der Waals surface area contributed by atoms with Gasteiger partial charge in [-0.1, -0.05) is 50.6 Å².